The predicted octanol–water partition coefficient (Wildman–Crippen LogP) is 2.94. The highest BCUT2D eigenvalue weighted by atomic mass is 19.4. The molecule has 11 heteroatoms. The largest absolute Gasteiger partial charge is 0.481 e. The molecule has 1 saturated heterocycles. The summed E-state index contributed by atoms with van der Waals surface area (Å²) in [7, 11) is 0. The van der Waals surface area contributed by atoms with Crippen molar-refractivity contribution in [2.75, 3.05) is 18.4 Å². The lowest BCUT2D eigenvalue weighted by molar-refractivity contribution is -0.388. The second-order valence-corrected chi connectivity index (χ2v) is 5.95. The molecule has 1 aromatic carbocycles. The number of hydrogen-bond donors (Lipinski definition) is 2. The first-order chi connectivity index (χ1) is 11.4. The number of nitrogens with zero attached hydrogens (tertiary/aromatic N) is 2. The number of rotatable bonds is 3. The number of benzene rings is 1. The van der Waals surface area contributed by atoms with E-state index < -0.39 is 39.8 Å². The molecule has 1 atom stereocenters. The topological polar surface area (TPSA) is 113 Å². The van der Waals surface area contributed by atoms with Crippen LogP contribution in [-0.4, -0.2) is 40.0 Å². The van der Waals surface area contributed by atoms with Crippen LogP contribution in [0.2, 0.25) is 0 Å². The van der Waals surface area contributed by atoms with Crippen LogP contribution in [0.25, 0.3) is 0 Å². The molecule has 2 rings (SSSR count). The molecule has 25 heavy (non-hydrogen) atoms. The molecule has 2 N–H and O–H groups in total. The van der Waals surface area contributed by atoms with E-state index in [9.17, 15) is 32.9 Å². The SMILES string of the molecule is CC1(C(=O)O)CCN(C(=O)Nc2ccc([N+](=O)[O-])c(C(F)(F)F)c2)C1. The molecule has 1 fully saturated rings. The van der Waals surface area contributed by atoms with Gasteiger partial charge < -0.3 is 15.3 Å². The Labute approximate surface area is 139 Å². The molecule has 0 aliphatic carbocycles. The molecule has 2 amide bonds. The smallest absolute Gasteiger partial charge is 0.423 e. The fourth-order valence-electron chi connectivity index (χ4n) is 2.51. The molecule has 0 saturated carbocycles. The Morgan fingerprint density at radius 1 is 1.40 bits per heavy atom. The minimum atomic E-state index is -4.96. The molecule has 0 spiro atoms. The zero-order valence-corrected chi connectivity index (χ0v) is 13.0. The lowest BCUT2D eigenvalue weighted by Crippen LogP contribution is -2.37. The summed E-state index contributed by atoms with van der Waals surface area (Å²) >= 11 is 0. The summed E-state index contributed by atoms with van der Waals surface area (Å²) in [5.41, 5.74) is -3.99. The molecule has 8 nitrogen and oxygen atoms in total. The van der Waals surface area contributed by atoms with Crippen LogP contribution in [-0.2, 0) is 11.0 Å². The van der Waals surface area contributed by atoms with Crippen molar-refractivity contribution in [1.29, 1.82) is 0 Å². The van der Waals surface area contributed by atoms with Crippen molar-refractivity contribution in [3.05, 3.63) is 33.9 Å². The van der Waals surface area contributed by atoms with Gasteiger partial charge in [-0.1, -0.05) is 0 Å². The fourth-order valence-corrected chi connectivity index (χ4v) is 2.51. The summed E-state index contributed by atoms with van der Waals surface area (Å²) in [4.78, 5) is 34.0. The number of amides is 2. The van der Waals surface area contributed by atoms with Crippen molar-refractivity contribution in [2.45, 2.75) is 19.5 Å². The number of carboxylic acid groups (broad SMARTS) is 1. The van der Waals surface area contributed by atoms with E-state index in [1.807, 2.05) is 0 Å². The molecule has 0 bridgehead atoms. The van der Waals surface area contributed by atoms with E-state index in [4.69, 9.17) is 5.11 Å². The van der Waals surface area contributed by atoms with Crippen LogP contribution in [0, 0.1) is 15.5 Å². The standard InChI is InChI=1S/C14H14F3N3O5/c1-13(11(21)22)4-5-19(7-13)12(23)18-8-2-3-10(20(24)25)9(6-8)14(15,16)17/h2-3,6H,4-5,7H2,1H3,(H,18,23)(H,21,22). The van der Waals surface area contributed by atoms with Crippen LogP contribution < -0.4 is 5.32 Å². The second-order valence-electron chi connectivity index (χ2n) is 5.95. The normalized spacial score (nSPS) is 20.4. The summed E-state index contributed by atoms with van der Waals surface area (Å²) in [6.07, 6.45) is -4.75. The van der Waals surface area contributed by atoms with E-state index in [-0.39, 0.29) is 25.2 Å². The lowest BCUT2D eigenvalue weighted by atomic mass is 9.90. The number of anilines is 1. The summed E-state index contributed by atoms with van der Waals surface area (Å²) in [5.74, 6) is -1.07. The number of alkyl halides is 3. The number of nitro groups is 1. The average Bonchev–Trinajstić information content (AvgIpc) is 2.90. The summed E-state index contributed by atoms with van der Waals surface area (Å²) in [6.45, 7) is 1.51. The highest BCUT2D eigenvalue weighted by Gasteiger charge is 2.42. The van der Waals surface area contributed by atoms with Gasteiger partial charge in [0.1, 0.15) is 5.56 Å². The van der Waals surface area contributed by atoms with Gasteiger partial charge in [-0.15, -0.1) is 0 Å². The maximum atomic E-state index is 12.9. The first kappa shape index (κ1) is 18.5. The van der Waals surface area contributed by atoms with E-state index in [1.165, 1.54) is 11.8 Å². The number of hydrogen-bond acceptors (Lipinski definition) is 4. The van der Waals surface area contributed by atoms with Crippen LogP contribution in [0.4, 0.5) is 29.3 Å². The Morgan fingerprint density at radius 2 is 2.04 bits per heavy atom. The Kier molecular flexibility index (Phi) is 4.60. The zero-order valence-electron chi connectivity index (χ0n) is 13.0. The van der Waals surface area contributed by atoms with Crippen molar-refractivity contribution in [3.63, 3.8) is 0 Å². The highest BCUT2D eigenvalue weighted by molar-refractivity contribution is 5.90. The number of carboxylic acids is 1. The van der Waals surface area contributed by atoms with Crippen molar-refractivity contribution < 1.29 is 32.8 Å². The van der Waals surface area contributed by atoms with Gasteiger partial charge in [-0.3, -0.25) is 14.9 Å². The van der Waals surface area contributed by atoms with E-state index in [1.54, 1.807) is 0 Å². The molecule has 0 aromatic heterocycles. The fraction of sp³-hybridized carbons (Fsp3) is 0.429. The van der Waals surface area contributed by atoms with Crippen molar-refractivity contribution in [3.8, 4) is 0 Å². The first-order valence-electron chi connectivity index (χ1n) is 7.09. The number of aliphatic carboxylic acids is 1. The zero-order chi connectivity index (χ0) is 19.0. The number of halogens is 3. The maximum Gasteiger partial charge on any atom is 0.423 e. The minimum absolute atomic E-state index is 0.0900. The molecule has 1 unspecified atom stereocenters. The third-order valence-electron chi connectivity index (χ3n) is 4.03. The van der Waals surface area contributed by atoms with Gasteiger partial charge in [0.15, 0.2) is 0 Å². The van der Waals surface area contributed by atoms with Crippen LogP contribution >= 0.6 is 0 Å². The van der Waals surface area contributed by atoms with Gasteiger partial charge in [0.25, 0.3) is 5.69 Å². The van der Waals surface area contributed by atoms with Gasteiger partial charge in [-0.25, -0.2) is 4.79 Å². The lowest BCUT2D eigenvalue weighted by Gasteiger charge is -2.20. The minimum Gasteiger partial charge on any atom is -0.481 e. The van der Waals surface area contributed by atoms with Crippen molar-refractivity contribution in [2.24, 2.45) is 5.41 Å². The molecule has 0 radical (unpaired) electrons. The third kappa shape index (κ3) is 3.80. The number of urea groups is 1. The molecule has 1 aliphatic rings. The third-order valence-corrected chi connectivity index (χ3v) is 4.03. The number of nitrogens with one attached hydrogen (secondary N) is 1. The number of nitro benzene ring substituents is 1. The monoisotopic (exact) mass is 361 g/mol. The molecule has 1 aromatic rings. The molecular weight excluding hydrogens is 347 g/mol. The quantitative estimate of drug-likeness (QED) is 0.635. The Morgan fingerprint density at radius 3 is 2.52 bits per heavy atom. The van der Waals surface area contributed by atoms with Crippen molar-refractivity contribution >= 4 is 23.4 Å². The van der Waals surface area contributed by atoms with E-state index in [0.29, 0.717) is 12.1 Å². The van der Waals surface area contributed by atoms with Gasteiger partial charge in [-0.05, 0) is 25.5 Å². The number of carbonyl (C=O) groups excluding carboxylic acids is 1. The molecule has 1 aliphatic heterocycles. The molecular formula is C14H14F3N3O5. The van der Waals surface area contributed by atoms with Gasteiger partial charge in [-0.2, -0.15) is 13.2 Å². The van der Waals surface area contributed by atoms with E-state index in [2.05, 4.69) is 5.32 Å². The number of likely N-dealkylation sites (tertiary alicyclic amines) is 1. The summed E-state index contributed by atoms with van der Waals surface area (Å²) in [5, 5.41) is 22.0. The average molecular weight is 361 g/mol. The molecule has 136 valence electrons. The number of carbonyl (C=O) groups is 2. The van der Waals surface area contributed by atoms with Crippen LogP contribution in [0.3, 0.4) is 0 Å². The van der Waals surface area contributed by atoms with Gasteiger partial charge >= 0.3 is 18.2 Å². The van der Waals surface area contributed by atoms with Gasteiger partial charge in [0.05, 0.1) is 10.3 Å². The Balaban J connectivity index is 2.20. The van der Waals surface area contributed by atoms with Crippen molar-refractivity contribution in [1.82, 2.24) is 4.90 Å². The Bertz CT molecular complexity index is 737. The summed E-state index contributed by atoms with van der Waals surface area (Å²) < 4.78 is 38.8. The molecule has 1 heterocycles. The maximum absolute atomic E-state index is 12.9. The van der Waals surface area contributed by atoms with Crippen LogP contribution in [0.1, 0.15) is 18.9 Å². The van der Waals surface area contributed by atoms with Gasteiger partial charge in [0.2, 0.25) is 0 Å². The second kappa shape index (κ2) is 6.22. The first-order valence-corrected chi connectivity index (χ1v) is 7.09. The van der Waals surface area contributed by atoms with E-state index in [0.717, 1.165) is 6.07 Å². The predicted molar refractivity (Wildman–Crippen MR) is 79.0 cm³/mol. The van der Waals surface area contributed by atoms with Crippen LogP contribution in [0.5, 0.6) is 0 Å². The summed E-state index contributed by atoms with van der Waals surface area (Å²) in [6, 6.07) is 1.34. The van der Waals surface area contributed by atoms with E-state index >= 15 is 0 Å². The highest BCUT2D eigenvalue weighted by Crippen LogP contribution is 2.38. The van der Waals surface area contributed by atoms with Gasteiger partial charge in [0, 0.05) is 24.8 Å². The van der Waals surface area contributed by atoms with Crippen LogP contribution in [0.15, 0.2) is 18.2 Å². The Hall–Kier alpha value is -2.85.